The molecule has 0 fully saturated rings. The normalized spacial score (nSPS) is 12.5. The van der Waals surface area contributed by atoms with E-state index in [4.69, 9.17) is 5.73 Å². The molecule has 2 aromatic carbocycles. The molecule has 0 aromatic heterocycles. The van der Waals surface area contributed by atoms with Crippen molar-refractivity contribution >= 4 is 11.6 Å². The van der Waals surface area contributed by atoms with Gasteiger partial charge in [0.25, 0.3) is 0 Å². The summed E-state index contributed by atoms with van der Waals surface area (Å²) in [5.74, 6) is -0.182. The molecular weight excluding hydrogens is 344 g/mol. The quantitative estimate of drug-likeness (QED) is 0.650. The number of rotatable bonds is 4. The van der Waals surface area contributed by atoms with Crippen LogP contribution in [0.4, 0.5) is 5.69 Å². The van der Waals surface area contributed by atoms with Crippen LogP contribution in [0.2, 0.25) is 0 Å². The third-order valence-electron chi connectivity index (χ3n) is 5.10. The van der Waals surface area contributed by atoms with Crippen molar-refractivity contribution in [1.82, 2.24) is 0 Å². The maximum Gasteiger partial charge on any atom is 0.245 e. The van der Waals surface area contributed by atoms with Crippen LogP contribution in [0.3, 0.4) is 0 Å². The lowest BCUT2D eigenvalue weighted by atomic mass is 9.66. The smallest absolute Gasteiger partial charge is 0.245 e. The van der Waals surface area contributed by atoms with Crippen LogP contribution >= 0.6 is 0 Å². The van der Waals surface area contributed by atoms with E-state index in [9.17, 15) is 4.79 Å². The minimum atomic E-state index is -1.06. The molecule has 0 saturated carbocycles. The Morgan fingerprint density at radius 3 is 1.71 bits per heavy atom. The van der Waals surface area contributed by atoms with Crippen molar-refractivity contribution in [3.05, 3.63) is 64.7 Å². The van der Waals surface area contributed by atoms with Gasteiger partial charge in [0.2, 0.25) is 5.91 Å². The molecule has 1 unspecified atom stereocenters. The van der Waals surface area contributed by atoms with Gasteiger partial charge in [0.05, 0.1) is 0 Å². The largest absolute Gasteiger partial charge is 0.324 e. The van der Waals surface area contributed by atoms with E-state index in [0.717, 1.165) is 11.3 Å². The Bertz CT molecular complexity index is 723. The molecule has 0 aliphatic heterocycles. The number of para-hydroxylation sites is 1. The predicted molar refractivity (Wildman–Crippen MR) is 124 cm³/mol. The van der Waals surface area contributed by atoms with Gasteiger partial charge in [0.15, 0.2) is 0 Å². The summed E-state index contributed by atoms with van der Waals surface area (Å²) < 4.78 is 0. The molecule has 0 bridgehead atoms. The highest BCUT2D eigenvalue weighted by molar-refractivity contribution is 5.99. The Hall–Kier alpha value is -2.13. The summed E-state index contributed by atoms with van der Waals surface area (Å²) in [6.45, 7) is 20.2. The van der Waals surface area contributed by atoms with Crippen LogP contribution in [-0.2, 0) is 10.2 Å². The molecule has 2 rings (SSSR count). The van der Waals surface area contributed by atoms with E-state index in [-0.39, 0.29) is 5.91 Å². The number of nitrogens with two attached hydrogens (primary N) is 1. The van der Waals surface area contributed by atoms with E-state index < -0.39 is 11.0 Å². The summed E-state index contributed by atoms with van der Waals surface area (Å²) in [6.07, 6.45) is 0. The number of hydrogen-bond acceptors (Lipinski definition) is 2. The molecule has 156 valence electrons. The van der Waals surface area contributed by atoms with Gasteiger partial charge in [-0.2, -0.15) is 0 Å². The number of nitrogens with one attached hydrogen (secondary N) is 1. The lowest BCUT2D eigenvalue weighted by molar-refractivity contribution is -0.122. The fraction of sp³-hybridized carbons (Fsp3) is 0.480. The maximum atomic E-state index is 12.9. The van der Waals surface area contributed by atoms with E-state index in [1.165, 1.54) is 16.7 Å². The standard InChI is InChI=1S/C21H28N2O.2C2H6/c1-14-12-15(2)18(16(3)13-14)20(4,5)21(6,22)19(24)23-17-10-8-7-9-11-17;2*1-2/h7-13H,22H2,1-6H3,(H,23,24);2*1-2H3. The van der Waals surface area contributed by atoms with Crippen molar-refractivity contribution in [1.29, 1.82) is 0 Å². The van der Waals surface area contributed by atoms with Crippen LogP contribution in [0.1, 0.15) is 70.7 Å². The zero-order chi connectivity index (χ0) is 22.1. The summed E-state index contributed by atoms with van der Waals surface area (Å²) in [6, 6.07) is 13.7. The molecule has 1 amide bonds. The molecule has 3 heteroatoms. The first-order valence-electron chi connectivity index (χ1n) is 10.3. The average molecular weight is 385 g/mol. The van der Waals surface area contributed by atoms with E-state index in [2.05, 4.69) is 38.2 Å². The third-order valence-corrected chi connectivity index (χ3v) is 5.10. The van der Waals surface area contributed by atoms with Crippen molar-refractivity contribution in [2.45, 2.75) is 80.2 Å². The van der Waals surface area contributed by atoms with Crippen LogP contribution in [0.15, 0.2) is 42.5 Å². The molecular formula is C25H40N2O. The molecule has 0 heterocycles. The van der Waals surface area contributed by atoms with Gasteiger partial charge in [0, 0.05) is 11.1 Å². The molecule has 0 spiro atoms. The second-order valence-electron chi connectivity index (χ2n) is 7.42. The van der Waals surface area contributed by atoms with Gasteiger partial charge in [0.1, 0.15) is 5.54 Å². The van der Waals surface area contributed by atoms with E-state index in [1.807, 2.05) is 78.8 Å². The van der Waals surface area contributed by atoms with Crippen molar-refractivity contribution in [2.75, 3.05) is 5.32 Å². The number of aryl methyl sites for hydroxylation is 3. The number of benzene rings is 2. The summed E-state index contributed by atoms with van der Waals surface area (Å²) in [7, 11) is 0. The van der Waals surface area contributed by atoms with Crippen LogP contribution < -0.4 is 11.1 Å². The Morgan fingerprint density at radius 1 is 0.857 bits per heavy atom. The van der Waals surface area contributed by atoms with Gasteiger partial charge in [-0.1, -0.05) is 77.4 Å². The highest BCUT2D eigenvalue weighted by Gasteiger charge is 2.46. The Balaban J connectivity index is 0.00000171. The fourth-order valence-corrected chi connectivity index (χ4v) is 3.49. The van der Waals surface area contributed by atoms with Crippen molar-refractivity contribution in [3.63, 3.8) is 0 Å². The molecule has 3 nitrogen and oxygen atoms in total. The highest BCUT2D eigenvalue weighted by Crippen LogP contribution is 2.38. The molecule has 28 heavy (non-hydrogen) atoms. The second-order valence-corrected chi connectivity index (χ2v) is 7.42. The number of carbonyl (C=O) groups is 1. The Labute approximate surface area is 172 Å². The maximum absolute atomic E-state index is 12.9. The third kappa shape index (κ3) is 5.68. The second kappa shape index (κ2) is 11.0. The zero-order valence-electron chi connectivity index (χ0n) is 19.5. The van der Waals surface area contributed by atoms with E-state index in [0.29, 0.717) is 0 Å². The zero-order valence-corrected chi connectivity index (χ0v) is 19.5. The van der Waals surface area contributed by atoms with Gasteiger partial charge < -0.3 is 11.1 Å². The van der Waals surface area contributed by atoms with Crippen molar-refractivity contribution in [3.8, 4) is 0 Å². The highest BCUT2D eigenvalue weighted by atomic mass is 16.2. The van der Waals surface area contributed by atoms with E-state index in [1.54, 1.807) is 0 Å². The van der Waals surface area contributed by atoms with Gasteiger partial charge in [-0.15, -0.1) is 0 Å². The van der Waals surface area contributed by atoms with Crippen LogP contribution in [0.25, 0.3) is 0 Å². The molecule has 2 aromatic rings. The Morgan fingerprint density at radius 2 is 1.29 bits per heavy atom. The van der Waals surface area contributed by atoms with Crippen molar-refractivity contribution < 1.29 is 4.79 Å². The van der Waals surface area contributed by atoms with Gasteiger partial charge in [-0.05, 0) is 56.5 Å². The van der Waals surface area contributed by atoms with Crippen LogP contribution in [0.5, 0.6) is 0 Å². The van der Waals surface area contributed by atoms with Crippen molar-refractivity contribution in [2.24, 2.45) is 5.73 Å². The van der Waals surface area contributed by atoms with Crippen LogP contribution in [-0.4, -0.2) is 11.4 Å². The van der Waals surface area contributed by atoms with Gasteiger partial charge in [-0.3, -0.25) is 4.79 Å². The monoisotopic (exact) mass is 384 g/mol. The van der Waals surface area contributed by atoms with Crippen LogP contribution in [0, 0.1) is 20.8 Å². The molecule has 0 aliphatic carbocycles. The predicted octanol–water partition coefficient (Wildman–Crippen LogP) is 6.30. The Kier molecular flexibility index (Phi) is 10.2. The molecule has 1 atom stereocenters. The number of carbonyl (C=O) groups excluding carboxylic acids is 1. The fourth-order valence-electron chi connectivity index (χ4n) is 3.49. The summed E-state index contributed by atoms with van der Waals surface area (Å²) in [4.78, 5) is 12.9. The minimum Gasteiger partial charge on any atom is -0.324 e. The molecule has 0 saturated heterocycles. The number of hydrogen-bond donors (Lipinski definition) is 2. The summed E-state index contributed by atoms with van der Waals surface area (Å²) in [5.41, 5.74) is 10.5. The minimum absolute atomic E-state index is 0.182. The topological polar surface area (TPSA) is 55.1 Å². The summed E-state index contributed by atoms with van der Waals surface area (Å²) >= 11 is 0. The number of anilines is 1. The first-order chi connectivity index (χ1) is 13.1. The molecule has 0 radical (unpaired) electrons. The van der Waals surface area contributed by atoms with Gasteiger partial charge in [-0.25, -0.2) is 0 Å². The first-order valence-corrected chi connectivity index (χ1v) is 10.3. The lowest BCUT2D eigenvalue weighted by Gasteiger charge is -2.42. The first kappa shape index (κ1) is 25.9. The molecule has 3 N–H and O–H groups in total. The lowest BCUT2D eigenvalue weighted by Crippen LogP contribution is -2.61. The van der Waals surface area contributed by atoms with E-state index >= 15 is 0 Å². The summed E-state index contributed by atoms with van der Waals surface area (Å²) in [5, 5.41) is 2.94. The SMILES string of the molecule is CC.CC.Cc1cc(C)c(C(C)(C)C(C)(N)C(=O)Nc2ccccc2)c(C)c1. The van der Waals surface area contributed by atoms with Gasteiger partial charge >= 0.3 is 0 Å². The average Bonchev–Trinajstić information content (AvgIpc) is 2.64. The number of amides is 1. The molecule has 0 aliphatic rings.